The van der Waals surface area contributed by atoms with E-state index in [1.165, 1.54) is 24.3 Å². The fourth-order valence-electron chi connectivity index (χ4n) is 2.00. The van der Waals surface area contributed by atoms with Crippen LogP contribution in [0.5, 0.6) is 0 Å². The van der Waals surface area contributed by atoms with E-state index in [9.17, 15) is 19.7 Å². The number of amides is 1. The highest BCUT2D eigenvalue weighted by molar-refractivity contribution is 7.98. The lowest BCUT2D eigenvalue weighted by Gasteiger charge is -2.14. The number of thioether (sulfide) groups is 1. The first kappa shape index (κ1) is 19.9. The first-order valence-corrected chi connectivity index (χ1v) is 8.79. The number of nitrogens with two attached hydrogens (primary N) is 1. The van der Waals surface area contributed by atoms with Crippen molar-refractivity contribution in [3.63, 3.8) is 0 Å². The van der Waals surface area contributed by atoms with Gasteiger partial charge >= 0.3 is 5.97 Å². The van der Waals surface area contributed by atoms with Crippen LogP contribution in [0.3, 0.4) is 0 Å². The van der Waals surface area contributed by atoms with Gasteiger partial charge in [0.05, 0.1) is 11.5 Å². The predicted molar refractivity (Wildman–Crippen MR) is 98.4 cm³/mol. The number of ether oxygens (including phenoxy) is 1. The van der Waals surface area contributed by atoms with Gasteiger partial charge in [-0.2, -0.15) is 4.98 Å². The lowest BCUT2D eigenvalue weighted by atomic mass is 10.2. The molecule has 0 spiro atoms. The summed E-state index contributed by atoms with van der Waals surface area (Å²) in [7, 11) is 0. The normalized spacial score (nSPS) is 10.1. The summed E-state index contributed by atoms with van der Waals surface area (Å²) in [5, 5.41) is 10.9. The maximum absolute atomic E-state index is 12.2. The Morgan fingerprint density at radius 1 is 1.30 bits per heavy atom. The standard InChI is InChI=1S/C15H16N6O5S/c1-3-26-14(23)10-11(17-15(16)18-13(10)27-2)19-20-12(22)8-4-6-9(7-5-8)21(24)25/h4-7H,3H2,1-2H3,(H,20,22)(H3,16,17,18,19). The van der Waals surface area contributed by atoms with E-state index in [0.29, 0.717) is 0 Å². The monoisotopic (exact) mass is 392 g/mol. The predicted octanol–water partition coefficient (Wildman–Crippen LogP) is 1.62. The molecule has 1 aromatic carbocycles. The summed E-state index contributed by atoms with van der Waals surface area (Å²) in [5.41, 5.74) is 10.6. The molecule has 2 aromatic rings. The average molecular weight is 392 g/mol. The lowest BCUT2D eigenvalue weighted by Crippen LogP contribution is -2.31. The van der Waals surface area contributed by atoms with E-state index >= 15 is 0 Å². The fraction of sp³-hybridized carbons (Fsp3) is 0.200. The molecule has 0 saturated heterocycles. The Morgan fingerprint density at radius 3 is 2.52 bits per heavy atom. The molecule has 2 rings (SSSR count). The lowest BCUT2D eigenvalue weighted by molar-refractivity contribution is -0.384. The molecule has 0 aliphatic heterocycles. The Hall–Kier alpha value is -3.41. The third-order valence-corrected chi connectivity index (χ3v) is 3.88. The first-order chi connectivity index (χ1) is 12.9. The summed E-state index contributed by atoms with van der Waals surface area (Å²) in [4.78, 5) is 42.4. The quantitative estimate of drug-likeness (QED) is 0.207. The van der Waals surface area contributed by atoms with Gasteiger partial charge in [0, 0.05) is 17.7 Å². The second-order valence-electron chi connectivity index (χ2n) is 4.92. The van der Waals surface area contributed by atoms with Gasteiger partial charge < -0.3 is 10.5 Å². The molecule has 4 N–H and O–H groups in total. The molecule has 0 aliphatic rings. The number of carbonyl (C=O) groups is 2. The number of nitro benzene ring substituents is 1. The minimum absolute atomic E-state index is 0.0273. The van der Waals surface area contributed by atoms with E-state index in [2.05, 4.69) is 20.8 Å². The van der Waals surface area contributed by atoms with Gasteiger partial charge in [-0.25, -0.2) is 9.78 Å². The molecular formula is C15H16N6O5S. The molecule has 0 aliphatic carbocycles. The molecule has 0 saturated carbocycles. The second kappa shape index (κ2) is 8.80. The van der Waals surface area contributed by atoms with Crippen molar-refractivity contribution in [2.24, 2.45) is 0 Å². The SMILES string of the molecule is CCOC(=O)c1c(NNC(=O)c2ccc([N+](=O)[O-])cc2)nc(N)nc1SC. The van der Waals surface area contributed by atoms with Gasteiger partial charge in [-0.1, -0.05) is 0 Å². The van der Waals surface area contributed by atoms with Crippen LogP contribution in [0.4, 0.5) is 17.5 Å². The summed E-state index contributed by atoms with van der Waals surface area (Å²) in [5.74, 6) is -1.39. The van der Waals surface area contributed by atoms with E-state index in [0.717, 1.165) is 11.8 Å². The molecule has 0 radical (unpaired) electrons. The highest BCUT2D eigenvalue weighted by Crippen LogP contribution is 2.25. The largest absolute Gasteiger partial charge is 0.462 e. The van der Waals surface area contributed by atoms with E-state index in [1.54, 1.807) is 13.2 Å². The third kappa shape index (κ3) is 4.82. The number of anilines is 2. The number of carbonyl (C=O) groups excluding carboxylic acids is 2. The van der Waals surface area contributed by atoms with Crippen LogP contribution in [0.1, 0.15) is 27.6 Å². The van der Waals surface area contributed by atoms with Crippen LogP contribution in [-0.4, -0.2) is 39.6 Å². The molecule has 0 unspecified atom stereocenters. The number of hydrogen-bond acceptors (Lipinski definition) is 10. The van der Waals surface area contributed by atoms with Crippen molar-refractivity contribution >= 4 is 41.1 Å². The molecule has 0 fully saturated rings. The summed E-state index contributed by atoms with van der Waals surface area (Å²) < 4.78 is 4.99. The van der Waals surface area contributed by atoms with Gasteiger partial charge in [0.15, 0.2) is 5.82 Å². The van der Waals surface area contributed by atoms with Gasteiger partial charge in [-0.05, 0) is 25.3 Å². The average Bonchev–Trinajstić information content (AvgIpc) is 2.65. The molecular weight excluding hydrogens is 376 g/mol. The number of nitro groups is 1. The molecule has 1 heterocycles. The van der Waals surface area contributed by atoms with E-state index in [-0.39, 0.29) is 40.2 Å². The number of nitrogen functional groups attached to an aromatic ring is 1. The van der Waals surface area contributed by atoms with Crippen molar-refractivity contribution in [1.82, 2.24) is 15.4 Å². The van der Waals surface area contributed by atoms with Crippen molar-refractivity contribution in [3.8, 4) is 0 Å². The van der Waals surface area contributed by atoms with Crippen LogP contribution < -0.4 is 16.6 Å². The van der Waals surface area contributed by atoms with Gasteiger partial charge in [-0.3, -0.25) is 25.8 Å². The zero-order valence-electron chi connectivity index (χ0n) is 14.4. The van der Waals surface area contributed by atoms with Gasteiger partial charge in [0.1, 0.15) is 10.6 Å². The number of hydrazine groups is 1. The molecule has 1 amide bonds. The molecule has 11 nitrogen and oxygen atoms in total. The van der Waals surface area contributed by atoms with Gasteiger partial charge in [0.25, 0.3) is 11.6 Å². The van der Waals surface area contributed by atoms with Crippen molar-refractivity contribution in [2.45, 2.75) is 11.9 Å². The van der Waals surface area contributed by atoms with E-state index in [4.69, 9.17) is 10.5 Å². The maximum atomic E-state index is 12.2. The number of benzene rings is 1. The number of rotatable bonds is 7. The Morgan fingerprint density at radius 2 is 1.96 bits per heavy atom. The third-order valence-electron chi connectivity index (χ3n) is 3.20. The number of nitrogens with zero attached hydrogens (tertiary/aromatic N) is 3. The molecule has 1 aromatic heterocycles. The zero-order valence-corrected chi connectivity index (χ0v) is 15.2. The van der Waals surface area contributed by atoms with Crippen LogP contribution in [0.15, 0.2) is 29.3 Å². The smallest absolute Gasteiger partial charge is 0.344 e. The fourth-order valence-corrected chi connectivity index (χ4v) is 2.57. The van der Waals surface area contributed by atoms with Crippen LogP contribution in [0.25, 0.3) is 0 Å². The highest BCUT2D eigenvalue weighted by atomic mass is 32.2. The summed E-state index contributed by atoms with van der Waals surface area (Å²) in [6.07, 6.45) is 1.70. The maximum Gasteiger partial charge on any atom is 0.344 e. The van der Waals surface area contributed by atoms with E-state index < -0.39 is 16.8 Å². The van der Waals surface area contributed by atoms with Gasteiger partial charge in [0.2, 0.25) is 5.95 Å². The van der Waals surface area contributed by atoms with Crippen molar-refractivity contribution in [2.75, 3.05) is 24.0 Å². The number of nitrogens with one attached hydrogen (secondary N) is 2. The van der Waals surface area contributed by atoms with Crippen LogP contribution in [0.2, 0.25) is 0 Å². The summed E-state index contributed by atoms with van der Waals surface area (Å²) in [6.45, 7) is 1.80. The van der Waals surface area contributed by atoms with Gasteiger partial charge in [-0.15, -0.1) is 11.8 Å². The van der Waals surface area contributed by atoms with Crippen molar-refractivity contribution < 1.29 is 19.2 Å². The molecule has 0 bridgehead atoms. The van der Waals surface area contributed by atoms with Crippen molar-refractivity contribution in [3.05, 3.63) is 45.5 Å². The molecule has 27 heavy (non-hydrogen) atoms. The minimum Gasteiger partial charge on any atom is -0.462 e. The summed E-state index contributed by atoms with van der Waals surface area (Å²) >= 11 is 1.16. The number of esters is 1. The number of aromatic nitrogens is 2. The molecule has 142 valence electrons. The molecule has 12 heteroatoms. The minimum atomic E-state index is -0.672. The van der Waals surface area contributed by atoms with Crippen molar-refractivity contribution in [1.29, 1.82) is 0 Å². The zero-order chi connectivity index (χ0) is 20.0. The number of non-ortho nitro benzene ring substituents is 1. The Kier molecular flexibility index (Phi) is 6.49. The first-order valence-electron chi connectivity index (χ1n) is 7.56. The Labute approximate surface area is 157 Å². The highest BCUT2D eigenvalue weighted by Gasteiger charge is 2.22. The topological polar surface area (TPSA) is 162 Å². The number of hydrogen-bond donors (Lipinski definition) is 3. The Balaban J connectivity index is 2.23. The second-order valence-corrected chi connectivity index (χ2v) is 5.71. The van der Waals surface area contributed by atoms with E-state index in [1.807, 2.05) is 0 Å². The van der Waals surface area contributed by atoms with Crippen LogP contribution >= 0.6 is 11.8 Å². The molecule has 0 atom stereocenters. The van der Waals surface area contributed by atoms with Crippen LogP contribution in [0, 0.1) is 10.1 Å². The summed E-state index contributed by atoms with van der Waals surface area (Å²) in [6, 6.07) is 4.99. The van der Waals surface area contributed by atoms with Crippen LogP contribution in [-0.2, 0) is 4.74 Å². The Bertz CT molecular complexity index is 874.